The van der Waals surface area contributed by atoms with E-state index in [0.717, 1.165) is 33.5 Å². The van der Waals surface area contributed by atoms with Gasteiger partial charge in [0.25, 0.3) is 0 Å². The van der Waals surface area contributed by atoms with Gasteiger partial charge in [-0.05, 0) is 52.9 Å². The van der Waals surface area contributed by atoms with Crippen molar-refractivity contribution in [1.82, 2.24) is 19.9 Å². The molecular formula is C40H33N5. The van der Waals surface area contributed by atoms with Gasteiger partial charge in [-0.15, -0.1) is 0 Å². The summed E-state index contributed by atoms with van der Waals surface area (Å²) in [5.41, 5.74) is 17.6. The fraction of sp³-hybridized carbons (Fsp3) is 0.100. The van der Waals surface area contributed by atoms with E-state index in [-0.39, 0.29) is 5.41 Å². The van der Waals surface area contributed by atoms with Crippen LogP contribution in [0.1, 0.15) is 37.5 Å². The van der Waals surface area contributed by atoms with Crippen molar-refractivity contribution in [3.63, 3.8) is 0 Å². The maximum Gasteiger partial charge on any atom is 0.164 e. The first-order valence-electron chi connectivity index (χ1n) is 15.1. The molecule has 1 aliphatic rings. The van der Waals surface area contributed by atoms with E-state index < -0.39 is 0 Å². The van der Waals surface area contributed by atoms with E-state index in [2.05, 4.69) is 85.6 Å². The summed E-state index contributed by atoms with van der Waals surface area (Å²) in [4.78, 5) is 19.7. The number of aromatic nitrogens is 4. The molecule has 7 rings (SSSR count). The van der Waals surface area contributed by atoms with E-state index in [0.29, 0.717) is 23.2 Å². The van der Waals surface area contributed by atoms with E-state index >= 15 is 0 Å². The monoisotopic (exact) mass is 583 g/mol. The summed E-state index contributed by atoms with van der Waals surface area (Å²) >= 11 is 0. The van der Waals surface area contributed by atoms with Crippen molar-refractivity contribution in [2.45, 2.75) is 26.2 Å². The third kappa shape index (κ3) is 5.12. The fourth-order valence-corrected chi connectivity index (χ4v) is 6.13. The summed E-state index contributed by atoms with van der Waals surface area (Å²) in [6.45, 7) is 6.54. The van der Waals surface area contributed by atoms with Crippen molar-refractivity contribution in [3.05, 3.63) is 150 Å². The minimum Gasteiger partial charge on any atom is -0.398 e. The van der Waals surface area contributed by atoms with Crippen LogP contribution < -0.4 is 5.73 Å². The van der Waals surface area contributed by atoms with E-state index in [9.17, 15) is 0 Å². The van der Waals surface area contributed by atoms with Crippen molar-refractivity contribution < 1.29 is 0 Å². The molecule has 45 heavy (non-hydrogen) atoms. The van der Waals surface area contributed by atoms with Gasteiger partial charge in [-0.2, -0.15) is 0 Å². The summed E-state index contributed by atoms with van der Waals surface area (Å²) in [5, 5.41) is 0. The molecule has 218 valence electrons. The highest BCUT2D eigenvalue weighted by molar-refractivity contribution is 5.91. The normalized spacial score (nSPS) is 13.5. The molecule has 0 saturated heterocycles. The van der Waals surface area contributed by atoms with Crippen LogP contribution in [0, 0.1) is 0 Å². The molecule has 2 heterocycles. The van der Waals surface area contributed by atoms with Crippen LogP contribution in [0.4, 0.5) is 0 Å². The van der Waals surface area contributed by atoms with Crippen LogP contribution in [0.5, 0.6) is 0 Å². The second kappa shape index (κ2) is 11.4. The van der Waals surface area contributed by atoms with Gasteiger partial charge in [-0.25, -0.2) is 15.0 Å². The number of benzene rings is 4. The van der Waals surface area contributed by atoms with Gasteiger partial charge in [0.2, 0.25) is 0 Å². The summed E-state index contributed by atoms with van der Waals surface area (Å²) in [6, 6.07) is 37.3. The molecule has 4 aromatic carbocycles. The van der Waals surface area contributed by atoms with Crippen LogP contribution >= 0.6 is 0 Å². The SMILES string of the molecule is C/C=C\C=C(/N)c1ccc(-c2nc(-c3ccc(-c4ccccn4)cc3)nc(-c3cccc4c3-c3ccccc3C4(C)C)n2)cc1. The summed E-state index contributed by atoms with van der Waals surface area (Å²) in [6.07, 6.45) is 7.60. The molecular weight excluding hydrogens is 550 g/mol. The number of pyridine rings is 1. The summed E-state index contributed by atoms with van der Waals surface area (Å²) in [7, 11) is 0. The molecule has 1 aliphatic carbocycles. The van der Waals surface area contributed by atoms with E-state index in [1.807, 2.05) is 67.6 Å². The van der Waals surface area contributed by atoms with Crippen LogP contribution in [0.25, 0.3) is 62.2 Å². The number of fused-ring (bicyclic) bond motifs is 3. The Morgan fingerprint density at radius 3 is 1.91 bits per heavy atom. The number of nitrogens with zero attached hydrogens (tertiary/aromatic N) is 4. The van der Waals surface area contributed by atoms with Crippen molar-refractivity contribution >= 4 is 5.70 Å². The topological polar surface area (TPSA) is 77.6 Å². The third-order valence-electron chi connectivity index (χ3n) is 8.53. The highest BCUT2D eigenvalue weighted by Crippen LogP contribution is 2.51. The average Bonchev–Trinajstić information content (AvgIpc) is 3.34. The smallest absolute Gasteiger partial charge is 0.164 e. The van der Waals surface area contributed by atoms with Crippen molar-refractivity contribution in [3.8, 4) is 56.5 Å². The lowest BCUT2D eigenvalue weighted by Crippen LogP contribution is -2.14. The Morgan fingerprint density at radius 1 is 0.622 bits per heavy atom. The van der Waals surface area contributed by atoms with E-state index in [1.54, 1.807) is 6.20 Å². The zero-order chi connectivity index (χ0) is 31.0. The predicted octanol–water partition coefficient (Wildman–Crippen LogP) is 9.12. The Bertz CT molecular complexity index is 2070. The van der Waals surface area contributed by atoms with Crippen LogP contribution in [-0.2, 0) is 5.41 Å². The van der Waals surface area contributed by atoms with Gasteiger partial charge in [0.05, 0.1) is 5.69 Å². The number of hydrogen-bond donors (Lipinski definition) is 1. The standard InChI is InChI=1S/C40H33N5/c1-4-5-15-34(41)26-17-21-28(22-18-26)37-43-38(29-23-19-27(20-24-29)35-16-8-9-25-42-35)45-39(44-37)31-12-10-14-33-36(31)30-11-6-7-13-32(30)40(33,2)3/h4-25H,41H2,1-3H3/b5-4-,34-15-. The molecule has 2 N–H and O–H groups in total. The molecule has 0 atom stereocenters. The zero-order valence-electron chi connectivity index (χ0n) is 25.6. The summed E-state index contributed by atoms with van der Waals surface area (Å²) in [5.74, 6) is 1.86. The number of hydrogen-bond acceptors (Lipinski definition) is 5. The van der Waals surface area contributed by atoms with Gasteiger partial charge in [-0.1, -0.05) is 123 Å². The lowest BCUT2D eigenvalue weighted by molar-refractivity contribution is 0.660. The molecule has 0 aliphatic heterocycles. The first-order valence-corrected chi connectivity index (χ1v) is 15.1. The molecule has 0 amide bonds. The highest BCUT2D eigenvalue weighted by Gasteiger charge is 2.37. The minimum atomic E-state index is -0.127. The van der Waals surface area contributed by atoms with Gasteiger partial charge >= 0.3 is 0 Å². The molecule has 0 saturated carbocycles. The molecule has 5 heteroatoms. The van der Waals surface area contributed by atoms with Crippen molar-refractivity contribution in [2.75, 3.05) is 0 Å². The predicted molar refractivity (Wildman–Crippen MR) is 184 cm³/mol. The van der Waals surface area contributed by atoms with Crippen LogP contribution in [0.3, 0.4) is 0 Å². The molecule has 0 bridgehead atoms. The molecule has 2 aromatic heterocycles. The number of rotatable bonds is 6. The first-order chi connectivity index (χ1) is 21.9. The zero-order valence-corrected chi connectivity index (χ0v) is 25.6. The Balaban J connectivity index is 1.39. The minimum absolute atomic E-state index is 0.127. The van der Waals surface area contributed by atoms with Gasteiger partial charge in [0.15, 0.2) is 17.5 Å². The quantitative estimate of drug-likeness (QED) is 0.198. The Labute approximate surface area is 263 Å². The second-order valence-corrected chi connectivity index (χ2v) is 11.7. The summed E-state index contributed by atoms with van der Waals surface area (Å²) < 4.78 is 0. The molecule has 0 unspecified atom stereocenters. The van der Waals surface area contributed by atoms with Crippen molar-refractivity contribution in [2.24, 2.45) is 5.73 Å². The largest absolute Gasteiger partial charge is 0.398 e. The van der Waals surface area contributed by atoms with Gasteiger partial charge < -0.3 is 5.73 Å². The van der Waals surface area contributed by atoms with Gasteiger partial charge in [0.1, 0.15) is 0 Å². The molecule has 0 fully saturated rings. The Hall–Kier alpha value is -5.68. The second-order valence-electron chi connectivity index (χ2n) is 11.7. The molecule has 5 nitrogen and oxygen atoms in total. The van der Waals surface area contributed by atoms with Crippen LogP contribution in [0.15, 0.2) is 134 Å². The lowest BCUT2D eigenvalue weighted by atomic mass is 9.82. The van der Waals surface area contributed by atoms with E-state index in [4.69, 9.17) is 20.7 Å². The van der Waals surface area contributed by atoms with Gasteiger partial charge in [0, 0.05) is 39.6 Å². The average molecular weight is 584 g/mol. The van der Waals surface area contributed by atoms with Gasteiger partial charge in [-0.3, -0.25) is 4.98 Å². The van der Waals surface area contributed by atoms with E-state index in [1.165, 1.54) is 22.3 Å². The third-order valence-corrected chi connectivity index (χ3v) is 8.53. The molecule has 0 spiro atoms. The molecule has 0 radical (unpaired) electrons. The maximum absolute atomic E-state index is 6.30. The van der Waals surface area contributed by atoms with Crippen LogP contribution in [-0.4, -0.2) is 19.9 Å². The number of allylic oxidation sites excluding steroid dienone is 3. The molecule has 6 aromatic rings. The number of nitrogens with two attached hydrogens (primary N) is 1. The Morgan fingerprint density at radius 2 is 1.22 bits per heavy atom. The fourth-order valence-electron chi connectivity index (χ4n) is 6.13. The Kier molecular flexibility index (Phi) is 7.14. The van der Waals surface area contributed by atoms with Crippen LogP contribution in [0.2, 0.25) is 0 Å². The highest BCUT2D eigenvalue weighted by atomic mass is 15.0. The lowest BCUT2D eigenvalue weighted by Gasteiger charge is -2.21. The first kappa shape index (κ1) is 28.1. The maximum atomic E-state index is 6.30. The van der Waals surface area contributed by atoms with Crippen molar-refractivity contribution in [1.29, 1.82) is 0 Å².